The van der Waals surface area contributed by atoms with Crippen molar-refractivity contribution in [2.45, 2.75) is 6.04 Å². The zero-order valence-corrected chi connectivity index (χ0v) is 12.9. The number of imidazole rings is 1. The van der Waals surface area contributed by atoms with Crippen molar-refractivity contribution < 1.29 is 4.92 Å². The summed E-state index contributed by atoms with van der Waals surface area (Å²) in [5, 5.41) is 23.7. The number of hydrogen-bond donors (Lipinski definition) is 2. The molecular formula is C17H12N6O2. The van der Waals surface area contributed by atoms with Crippen molar-refractivity contribution in [1.82, 2.24) is 9.55 Å². The van der Waals surface area contributed by atoms with Crippen LogP contribution in [-0.4, -0.2) is 14.5 Å². The molecule has 2 aromatic carbocycles. The first kappa shape index (κ1) is 14.7. The molecule has 8 nitrogen and oxygen atoms in total. The molecule has 0 radical (unpaired) electrons. The van der Waals surface area contributed by atoms with Gasteiger partial charge in [-0.25, -0.2) is 4.98 Å². The number of hydrogen-bond acceptors (Lipinski definition) is 6. The molecule has 3 N–H and O–H groups in total. The standard InChI is InChI=1S/C17H12N6O2/c18-9-12-15(10-4-3-5-11(8-10)23(24)25)22-14-7-2-1-6-13(14)20-17(22)21-16(12)19/h1-8,15H,19H2,(H,20,21)/t15-/m1/s1. The molecular weight excluding hydrogens is 320 g/mol. The van der Waals surface area contributed by atoms with Crippen LogP contribution in [0.25, 0.3) is 11.0 Å². The molecule has 1 aliphatic rings. The molecule has 0 saturated heterocycles. The lowest BCUT2D eigenvalue weighted by molar-refractivity contribution is -0.384. The number of anilines is 1. The minimum absolute atomic E-state index is 0.0436. The number of benzene rings is 2. The van der Waals surface area contributed by atoms with Crippen molar-refractivity contribution in [1.29, 1.82) is 5.26 Å². The lowest BCUT2D eigenvalue weighted by atomic mass is 9.97. The van der Waals surface area contributed by atoms with Crippen LogP contribution in [0.15, 0.2) is 59.9 Å². The minimum Gasteiger partial charge on any atom is -0.384 e. The molecule has 0 amide bonds. The van der Waals surface area contributed by atoms with Gasteiger partial charge in [0, 0.05) is 12.1 Å². The first-order valence-corrected chi connectivity index (χ1v) is 7.48. The number of nitrogens with zero attached hydrogens (tertiary/aromatic N) is 4. The average molecular weight is 332 g/mol. The van der Waals surface area contributed by atoms with E-state index in [0.29, 0.717) is 11.5 Å². The van der Waals surface area contributed by atoms with Crippen molar-refractivity contribution in [3.63, 3.8) is 0 Å². The number of aromatic nitrogens is 2. The number of fused-ring (bicyclic) bond motifs is 3. The van der Waals surface area contributed by atoms with Crippen LogP contribution in [0, 0.1) is 21.4 Å². The van der Waals surface area contributed by atoms with Gasteiger partial charge in [-0.15, -0.1) is 0 Å². The highest BCUT2D eigenvalue weighted by atomic mass is 16.6. The monoisotopic (exact) mass is 332 g/mol. The zero-order chi connectivity index (χ0) is 17.6. The Kier molecular flexibility index (Phi) is 3.15. The van der Waals surface area contributed by atoms with Gasteiger partial charge in [0.15, 0.2) is 0 Å². The number of para-hydroxylation sites is 2. The van der Waals surface area contributed by atoms with Crippen molar-refractivity contribution in [3.8, 4) is 6.07 Å². The van der Waals surface area contributed by atoms with E-state index in [1.54, 1.807) is 12.1 Å². The van der Waals surface area contributed by atoms with Crippen LogP contribution < -0.4 is 11.1 Å². The lowest BCUT2D eigenvalue weighted by Crippen LogP contribution is -2.27. The number of non-ortho nitro benzene ring substituents is 1. The molecule has 0 fully saturated rings. The van der Waals surface area contributed by atoms with E-state index in [1.807, 2.05) is 28.8 Å². The van der Waals surface area contributed by atoms with E-state index in [0.717, 1.165) is 11.0 Å². The Balaban J connectivity index is 2.01. The van der Waals surface area contributed by atoms with Crippen LogP contribution in [0.2, 0.25) is 0 Å². The van der Waals surface area contributed by atoms with E-state index in [-0.39, 0.29) is 17.1 Å². The Morgan fingerprint density at radius 3 is 2.84 bits per heavy atom. The molecule has 8 heteroatoms. The predicted octanol–water partition coefficient (Wildman–Crippen LogP) is 2.65. The van der Waals surface area contributed by atoms with Gasteiger partial charge < -0.3 is 11.1 Å². The van der Waals surface area contributed by atoms with Crippen molar-refractivity contribution in [3.05, 3.63) is 75.6 Å². The van der Waals surface area contributed by atoms with E-state index < -0.39 is 11.0 Å². The molecule has 1 aliphatic heterocycles. The van der Waals surface area contributed by atoms with E-state index in [2.05, 4.69) is 16.4 Å². The molecule has 0 unspecified atom stereocenters. The Morgan fingerprint density at radius 2 is 2.08 bits per heavy atom. The molecule has 0 saturated carbocycles. The van der Waals surface area contributed by atoms with Crippen LogP contribution >= 0.6 is 0 Å². The van der Waals surface area contributed by atoms with Crippen molar-refractivity contribution >= 4 is 22.7 Å². The van der Waals surface area contributed by atoms with Gasteiger partial charge in [0.2, 0.25) is 5.95 Å². The summed E-state index contributed by atoms with van der Waals surface area (Å²) in [6.45, 7) is 0. The second-order valence-electron chi connectivity index (χ2n) is 5.61. The molecule has 0 spiro atoms. The topological polar surface area (TPSA) is 123 Å². The highest BCUT2D eigenvalue weighted by Gasteiger charge is 2.31. The van der Waals surface area contributed by atoms with Crippen LogP contribution in [0.3, 0.4) is 0 Å². The molecule has 1 atom stereocenters. The number of rotatable bonds is 2. The Hall–Kier alpha value is -3.86. The Morgan fingerprint density at radius 1 is 1.28 bits per heavy atom. The molecule has 3 aromatic rings. The second-order valence-corrected chi connectivity index (χ2v) is 5.61. The normalized spacial score (nSPS) is 16.2. The van der Waals surface area contributed by atoms with E-state index in [9.17, 15) is 15.4 Å². The maximum Gasteiger partial charge on any atom is 0.269 e. The highest BCUT2D eigenvalue weighted by molar-refractivity contribution is 5.80. The molecule has 1 aromatic heterocycles. The summed E-state index contributed by atoms with van der Waals surface area (Å²) in [5.74, 6) is 0.691. The van der Waals surface area contributed by atoms with Gasteiger partial charge >= 0.3 is 0 Å². The SMILES string of the molecule is N#CC1=C(N)Nc2nc3ccccc3n2[C@@H]1c1cccc([N+](=O)[O-])c1. The summed E-state index contributed by atoms with van der Waals surface area (Å²) in [4.78, 5) is 15.2. The van der Waals surface area contributed by atoms with Gasteiger partial charge in [-0.2, -0.15) is 5.26 Å². The smallest absolute Gasteiger partial charge is 0.269 e. The predicted molar refractivity (Wildman–Crippen MR) is 91.4 cm³/mol. The fourth-order valence-corrected chi connectivity index (χ4v) is 3.10. The first-order chi connectivity index (χ1) is 12.1. The summed E-state index contributed by atoms with van der Waals surface area (Å²) in [6.07, 6.45) is 0. The van der Waals surface area contributed by atoms with Crippen molar-refractivity contribution in [2.24, 2.45) is 5.73 Å². The van der Waals surface area contributed by atoms with Crippen molar-refractivity contribution in [2.75, 3.05) is 5.32 Å². The van der Waals surface area contributed by atoms with Crippen LogP contribution in [0.5, 0.6) is 0 Å². The largest absolute Gasteiger partial charge is 0.384 e. The number of nitrogens with two attached hydrogens (primary N) is 1. The zero-order valence-electron chi connectivity index (χ0n) is 12.9. The highest BCUT2D eigenvalue weighted by Crippen LogP contribution is 2.38. The summed E-state index contributed by atoms with van der Waals surface area (Å²) in [6, 6.07) is 15.2. The number of nitro groups is 1. The average Bonchev–Trinajstić information content (AvgIpc) is 2.98. The third kappa shape index (κ3) is 2.18. The molecule has 122 valence electrons. The van der Waals surface area contributed by atoms with Crippen LogP contribution in [0.1, 0.15) is 11.6 Å². The van der Waals surface area contributed by atoms with Crippen LogP contribution in [0.4, 0.5) is 11.6 Å². The maximum absolute atomic E-state index is 11.1. The van der Waals surface area contributed by atoms with Gasteiger partial charge in [0.1, 0.15) is 17.9 Å². The number of nitrogens with one attached hydrogen (secondary N) is 1. The summed E-state index contributed by atoms with van der Waals surface area (Å²) in [5.41, 5.74) is 8.40. The molecule has 0 bridgehead atoms. The first-order valence-electron chi connectivity index (χ1n) is 7.48. The Bertz CT molecular complexity index is 1090. The van der Waals surface area contributed by atoms with E-state index >= 15 is 0 Å². The quantitative estimate of drug-likeness (QED) is 0.549. The van der Waals surface area contributed by atoms with Gasteiger partial charge in [-0.3, -0.25) is 14.7 Å². The van der Waals surface area contributed by atoms with E-state index in [4.69, 9.17) is 5.73 Å². The lowest BCUT2D eigenvalue weighted by Gasteiger charge is -2.27. The second kappa shape index (κ2) is 5.35. The number of allylic oxidation sites excluding steroid dienone is 1. The molecule has 25 heavy (non-hydrogen) atoms. The third-order valence-electron chi connectivity index (χ3n) is 4.18. The maximum atomic E-state index is 11.1. The third-order valence-corrected chi connectivity index (χ3v) is 4.18. The Labute approximate surface area is 142 Å². The van der Waals surface area contributed by atoms with Gasteiger partial charge in [0.25, 0.3) is 5.69 Å². The minimum atomic E-state index is -0.589. The fourth-order valence-electron chi connectivity index (χ4n) is 3.10. The summed E-state index contributed by atoms with van der Waals surface area (Å²) in [7, 11) is 0. The molecule has 0 aliphatic carbocycles. The number of nitro benzene ring substituents is 1. The fraction of sp³-hybridized carbons (Fsp3) is 0.0588. The molecule has 4 rings (SSSR count). The van der Waals surface area contributed by atoms with Crippen LogP contribution in [-0.2, 0) is 0 Å². The summed E-state index contributed by atoms with van der Waals surface area (Å²) < 4.78 is 1.84. The van der Waals surface area contributed by atoms with Gasteiger partial charge in [-0.05, 0) is 17.7 Å². The summed E-state index contributed by atoms with van der Waals surface area (Å²) >= 11 is 0. The molecule has 2 heterocycles. The van der Waals surface area contributed by atoms with Gasteiger partial charge in [-0.1, -0.05) is 24.3 Å². The van der Waals surface area contributed by atoms with E-state index in [1.165, 1.54) is 12.1 Å². The van der Waals surface area contributed by atoms with Gasteiger partial charge in [0.05, 0.1) is 21.5 Å². The number of nitriles is 1.